The predicted molar refractivity (Wildman–Crippen MR) is 10.7 cm³/mol. The number of carboxylic acid groups (broad SMARTS) is 2. The Kier molecular flexibility index (Phi) is 8.49. The van der Waals surface area contributed by atoms with Crippen molar-refractivity contribution in [3.8, 4) is 0 Å². The molecule has 0 spiro atoms. The second-order valence-electron chi connectivity index (χ2n) is 0.283. The van der Waals surface area contributed by atoms with Crippen LogP contribution in [0.5, 0.6) is 0 Å². The zero-order chi connectivity index (χ0) is 3.58. The molecule has 0 aliphatic rings. The molecule has 2 N–H and O–H groups in total. The quantitative estimate of drug-likeness (QED) is 0.592. The number of hydrogen-bond acceptors (Lipinski definition) is 1. The molecule has 0 aromatic heterocycles. The van der Waals surface area contributed by atoms with Crippen molar-refractivity contribution in [1.29, 1.82) is 0 Å². The molecule has 0 saturated heterocycles. The second-order valence-corrected chi connectivity index (χ2v) is 0.283. The van der Waals surface area contributed by atoms with Crippen LogP contribution in [0.1, 0.15) is 0 Å². The smallest absolute Gasteiger partial charge is 0.450 e. The molecular weight excluding hydrogens is 201 g/mol. The fourth-order valence-electron chi connectivity index (χ4n) is 0. The van der Waals surface area contributed by atoms with Crippen LogP contribution in [0.2, 0.25) is 0 Å². The van der Waals surface area contributed by atoms with Gasteiger partial charge in [0.2, 0.25) is 0 Å². The minimum Gasteiger partial charge on any atom is -0.450 e. The molecule has 0 heterocycles. The third-order valence-corrected chi connectivity index (χ3v) is 0. The van der Waals surface area contributed by atoms with Crippen LogP contribution in [0.15, 0.2) is 0 Å². The summed E-state index contributed by atoms with van der Waals surface area (Å²) in [6, 6.07) is 0. The maximum Gasteiger partial charge on any atom is 0.503 e. The minimum absolute atomic E-state index is 0. The molecule has 0 bridgehead atoms. The van der Waals surface area contributed by atoms with Crippen molar-refractivity contribution in [3.63, 3.8) is 0 Å². The van der Waals surface area contributed by atoms with Crippen molar-refractivity contribution in [2.45, 2.75) is 0 Å². The summed E-state index contributed by atoms with van der Waals surface area (Å²) in [5.41, 5.74) is 0. The predicted octanol–water partition coefficient (Wildman–Crippen LogP) is 0.222. The minimum atomic E-state index is -1.83. The SMILES string of the molecule is O=C(O)O.[Pr]. The molecule has 0 aromatic rings. The molecule has 1 radical (unpaired) electrons. The Bertz CT molecular complexity index is 29.9. The van der Waals surface area contributed by atoms with Gasteiger partial charge in [0, 0.05) is 41.3 Å². The van der Waals surface area contributed by atoms with Crippen LogP contribution in [0.3, 0.4) is 0 Å². The number of carbonyl (C=O) groups is 1. The number of hydrogen-bond donors (Lipinski definition) is 2. The fourth-order valence-corrected chi connectivity index (χ4v) is 0. The monoisotopic (exact) mass is 203 g/mol. The molecule has 0 saturated carbocycles. The summed E-state index contributed by atoms with van der Waals surface area (Å²) in [5, 5.41) is 13.9. The largest absolute Gasteiger partial charge is 0.503 e. The molecule has 3 nitrogen and oxygen atoms in total. The van der Waals surface area contributed by atoms with Crippen molar-refractivity contribution in [1.82, 2.24) is 0 Å². The van der Waals surface area contributed by atoms with Crippen LogP contribution in [0, 0.1) is 41.3 Å². The zero-order valence-electron chi connectivity index (χ0n) is 2.38. The van der Waals surface area contributed by atoms with Gasteiger partial charge in [0.1, 0.15) is 0 Å². The molecule has 0 aliphatic heterocycles. The van der Waals surface area contributed by atoms with E-state index in [1.165, 1.54) is 0 Å². The second kappa shape index (κ2) is 4.63. The van der Waals surface area contributed by atoms with Gasteiger partial charge in [-0.05, 0) is 0 Å². The van der Waals surface area contributed by atoms with Gasteiger partial charge in [-0.3, -0.25) is 0 Å². The molecule has 0 aliphatic carbocycles. The first-order valence-electron chi connectivity index (χ1n) is 0.651. The average molecular weight is 203 g/mol. The van der Waals surface area contributed by atoms with Crippen molar-refractivity contribution in [2.75, 3.05) is 0 Å². The van der Waals surface area contributed by atoms with E-state index in [0.29, 0.717) is 0 Å². The van der Waals surface area contributed by atoms with Gasteiger partial charge in [-0.1, -0.05) is 0 Å². The fraction of sp³-hybridized carbons (Fsp3) is 0. The van der Waals surface area contributed by atoms with Gasteiger partial charge in [-0.15, -0.1) is 0 Å². The summed E-state index contributed by atoms with van der Waals surface area (Å²) in [6.45, 7) is 0. The molecule has 0 atom stereocenters. The summed E-state index contributed by atoms with van der Waals surface area (Å²) in [4.78, 5) is 8.56. The third kappa shape index (κ3) is 80.0. The summed E-state index contributed by atoms with van der Waals surface area (Å²) in [6.07, 6.45) is -1.83. The summed E-state index contributed by atoms with van der Waals surface area (Å²) >= 11 is 0. The summed E-state index contributed by atoms with van der Waals surface area (Å²) in [7, 11) is 0. The normalized spacial score (nSPS) is 4.80. The summed E-state index contributed by atoms with van der Waals surface area (Å²) in [5.74, 6) is 0. The van der Waals surface area contributed by atoms with Gasteiger partial charge in [0.25, 0.3) is 0 Å². The van der Waals surface area contributed by atoms with E-state index in [2.05, 4.69) is 0 Å². The van der Waals surface area contributed by atoms with Gasteiger partial charge in [-0.25, -0.2) is 4.79 Å². The summed E-state index contributed by atoms with van der Waals surface area (Å²) < 4.78 is 0. The zero-order valence-corrected chi connectivity index (χ0v) is 6.08. The first-order valence-corrected chi connectivity index (χ1v) is 0.651. The standard InChI is InChI=1S/CH2O3.Pr/c2-1(3)4;/h(H2,2,3,4);. The maximum atomic E-state index is 8.56. The number of rotatable bonds is 0. The van der Waals surface area contributed by atoms with Crippen molar-refractivity contribution in [2.24, 2.45) is 0 Å². The van der Waals surface area contributed by atoms with E-state index in [9.17, 15) is 0 Å². The van der Waals surface area contributed by atoms with Crippen LogP contribution in [0.25, 0.3) is 0 Å². The van der Waals surface area contributed by atoms with Crippen LogP contribution in [0.4, 0.5) is 4.79 Å². The Morgan fingerprint density at radius 2 is 1.40 bits per heavy atom. The van der Waals surface area contributed by atoms with Gasteiger partial charge >= 0.3 is 6.16 Å². The van der Waals surface area contributed by atoms with E-state index >= 15 is 0 Å². The Labute approximate surface area is 61.9 Å². The van der Waals surface area contributed by atoms with Crippen molar-refractivity contribution in [3.05, 3.63) is 0 Å². The molecule has 0 amide bonds. The van der Waals surface area contributed by atoms with Crippen LogP contribution in [-0.4, -0.2) is 16.4 Å². The van der Waals surface area contributed by atoms with E-state index < -0.39 is 6.16 Å². The molecular formula is CH2O3Pr. The molecule has 4 heteroatoms. The van der Waals surface area contributed by atoms with Crippen LogP contribution in [-0.2, 0) is 0 Å². The molecule has 0 rings (SSSR count). The topological polar surface area (TPSA) is 57.5 Å². The molecule has 0 aromatic carbocycles. The molecule has 0 fully saturated rings. The Balaban J connectivity index is 0. The van der Waals surface area contributed by atoms with E-state index in [1.807, 2.05) is 0 Å². The Morgan fingerprint density at radius 1 is 1.40 bits per heavy atom. The first-order chi connectivity index (χ1) is 1.73. The molecule has 27 valence electrons. The van der Waals surface area contributed by atoms with E-state index in [1.54, 1.807) is 0 Å². The van der Waals surface area contributed by atoms with Crippen LogP contribution >= 0.6 is 0 Å². The third-order valence-electron chi connectivity index (χ3n) is 0. The van der Waals surface area contributed by atoms with E-state index in [4.69, 9.17) is 15.0 Å². The van der Waals surface area contributed by atoms with E-state index in [0.717, 1.165) is 0 Å². The first kappa shape index (κ1) is 9.16. The van der Waals surface area contributed by atoms with E-state index in [-0.39, 0.29) is 41.3 Å². The van der Waals surface area contributed by atoms with Gasteiger partial charge in [0.05, 0.1) is 0 Å². The molecule has 5 heavy (non-hydrogen) atoms. The van der Waals surface area contributed by atoms with Crippen molar-refractivity contribution < 1.29 is 56.3 Å². The van der Waals surface area contributed by atoms with Crippen LogP contribution < -0.4 is 0 Å². The van der Waals surface area contributed by atoms with Gasteiger partial charge < -0.3 is 10.2 Å². The Hall–Kier alpha value is 0.634. The molecule has 0 unspecified atom stereocenters. The Morgan fingerprint density at radius 3 is 1.40 bits per heavy atom. The van der Waals surface area contributed by atoms with Gasteiger partial charge in [-0.2, -0.15) is 0 Å². The average Bonchev–Trinajstić information content (AvgIpc) is 0.811. The van der Waals surface area contributed by atoms with Crippen molar-refractivity contribution >= 4 is 6.16 Å². The van der Waals surface area contributed by atoms with Gasteiger partial charge in [0.15, 0.2) is 0 Å². The maximum absolute atomic E-state index is 8.56.